The first-order chi connectivity index (χ1) is 13.4. The maximum Gasteiger partial charge on any atom is -0.147 e. The van der Waals surface area contributed by atoms with Gasteiger partial charge in [0.05, 0.1) is 0 Å². The van der Waals surface area contributed by atoms with E-state index in [4.69, 9.17) is 0 Å². The zero-order valence-corrected chi connectivity index (χ0v) is 24.4. The summed E-state index contributed by atoms with van der Waals surface area (Å²) in [5.41, 5.74) is 9.20. The summed E-state index contributed by atoms with van der Waals surface area (Å²) in [6, 6.07) is 11.9. The number of rotatable bonds is 6. The molecule has 0 radical (unpaired) electrons. The van der Waals surface area contributed by atoms with Crippen molar-refractivity contribution in [3.05, 3.63) is 74.1 Å². The first kappa shape index (κ1) is 25.9. The van der Waals surface area contributed by atoms with Gasteiger partial charge in [-0.05, 0) is 0 Å². The molecule has 0 bridgehead atoms. The predicted octanol–water partition coefficient (Wildman–Crippen LogP) is 7.08. The maximum atomic E-state index is 2.52. The van der Waals surface area contributed by atoms with Crippen molar-refractivity contribution in [1.29, 1.82) is 0 Å². The van der Waals surface area contributed by atoms with Gasteiger partial charge in [0.25, 0.3) is 0 Å². The number of allylic oxidation sites excluding steroid dienone is 4. The molecule has 30 heavy (non-hydrogen) atoms. The van der Waals surface area contributed by atoms with Crippen molar-refractivity contribution in [2.45, 2.75) is 61.6 Å². The van der Waals surface area contributed by atoms with E-state index in [2.05, 4.69) is 83.1 Å². The summed E-state index contributed by atoms with van der Waals surface area (Å²) in [5, 5.41) is 0. The van der Waals surface area contributed by atoms with Gasteiger partial charge in [0, 0.05) is 0 Å². The second kappa shape index (κ2) is 9.62. The molecule has 2 aliphatic carbocycles. The predicted molar refractivity (Wildman–Crippen MR) is 139 cm³/mol. The third-order valence-electron chi connectivity index (χ3n) is 7.41. The van der Waals surface area contributed by atoms with Crippen LogP contribution in [-0.4, -0.2) is 6.88 Å². The van der Waals surface area contributed by atoms with E-state index in [-0.39, 0.29) is 24.8 Å². The number of hydrogen-bond donors (Lipinski definition) is 0. The van der Waals surface area contributed by atoms with Gasteiger partial charge in [-0.1, -0.05) is 0 Å². The van der Waals surface area contributed by atoms with E-state index in [1.807, 2.05) is 6.55 Å². The van der Waals surface area contributed by atoms with E-state index in [9.17, 15) is 0 Å². The molecule has 0 saturated carbocycles. The van der Waals surface area contributed by atoms with Gasteiger partial charge in [-0.15, -0.1) is 24.8 Å². The summed E-state index contributed by atoms with van der Waals surface area (Å²) in [5.74, 6) is 0. The largest absolute Gasteiger partial charge is 0.147 e. The Morgan fingerprint density at radius 1 is 0.933 bits per heavy atom. The molecule has 0 saturated heterocycles. The zero-order valence-electron chi connectivity index (χ0n) is 18.9. The van der Waals surface area contributed by atoms with Crippen LogP contribution in [0.2, 0.25) is 8.26 Å². The van der Waals surface area contributed by atoms with Crippen LogP contribution in [0.5, 0.6) is 0 Å². The molecule has 2 aromatic carbocycles. The SMILES string of the molecule is CC[CH2][Zr](=[SiH2])([CH2]CC)([C]1=CC=CC1)[c]1c(C)ccc2c1Cc1cc(C)ccc1-2.Cl.Cl. The van der Waals surface area contributed by atoms with Gasteiger partial charge in [-0.2, -0.15) is 0 Å². The second-order valence-electron chi connectivity index (χ2n) is 9.38. The summed E-state index contributed by atoms with van der Waals surface area (Å²) in [6.45, 7) is 12.0. The minimum Gasteiger partial charge on any atom is -0.147 e. The molecule has 0 unspecified atom stereocenters. The smallest absolute Gasteiger partial charge is 0.147 e. The van der Waals surface area contributed by atoms with Crippen LogP contribution in [0.15, 0.2) is 51.8 Å². The average molecular weight is 539 g/mol. The van der Waals surface area contributed by atoms with Gasteiger partial charge in [0.1, 0.15) is 0 Å². The minimum atomic E-state index is -3.33. The van der Waals surface area contributed by atoms with Crippen molar-refractivity contribution in [2.75, 3.05) is 0 Å². The van der Waals surface area contributed by atoms with Crippen LogP contribution in [0.4, 0.5) is 0 Å². The van der Waals surface area contributed by atoms with Gasteiger partial charge < -0.3 is 0 Å². The van der Waals surface area contributed by atoms with Gasteiger partial charge in [-0.25, -0.2) is 0 Å². The number of halogens is 2. The van der Waals surface area contributed by atoms with Crippen molar-refractivity contribution in [3.63, 3.8) is 0 Å². The van der Waals surface area contributed by atoms with Crippen molar-refractivity contribution in [2.24, 2.45) is 0 Å². The van der Waals surface area contributed by atoms with E-state index in [0.717, 1.165) is 6.42 Å². The van der Waals surface area contributed by atoms with Gasteiger partial charge >= 0.3 is 174 Å². The van der Waals surface area contributed by atoms with Crippen LogP contribution in [0.1, 0.15) is 55.4 Å². The third-order valence-corrected chi connectivity index (χ3v) is 34.8. The Morgan fingerprint density at radius 2 is 1.60 bits per heavy atom. The topological polar surface area (TPSA) is 0 Å². The van der Waals surface area contributed by atoms with Gasteiger partial charge in [0.15, 0.2) is 0 Å². The van der Waals surface area contributed by atoms with E-state index in [0.29, 0.717) is 0 Å². The Bertz CT molecular complexity index is 1070. The first-order valence-electron chi connectivity index (χ1n) is 11.0. The van der Waals surface area contributed by atoms with Crippen LogP contribution >= 0.6 is 24.8 Å². The fourth-order valence-electron chi connectivity index (χ4n) is 6.43. The molecule has 2 aliphatic rings. The van der Waals surface area contributed by atoms with E-state index >= 15 is 0 Å². The Balaban J connectivity index is 0.00000160. The number of hydrogen-bond acceptors (Lipinski definition) is 0. The molecule has 0 amide bonds. The molecular weight excluding hydrogens is 503 g/mol. The summed E-state index contributed by atoms with van der Waals surface area (Å²) >= 11 is -3.33. The molecule has 0 spiro atoms. The van der Waals surface area contributed by atoms with Crippen LogP contribution in [0.3, 0.4) is 0 Å². The Morgan fingerprint density at radius 3 is 2.20 bits per heavy atom. The fourth-order valence-corrected chi connectivity index (χ4v) is 33.4. The fraction of sp³-hybridized carbons (Fsp3) is 0.385. The Hall–Kier alpha value is -0.400. The molecule has 0 nitrogen and oxygen atoms in total. The summed E-state index contributed by atoms with van der Waals surface area (Å²) < 4.78 is 6.57. The first-order valence-corrected chi connectivity index (χ1v) is 22.9. The standard InChI is InChI=1S/C15H13.C5H5.2C3H7.2ClH.H2Si.Zr/c1-10-3-5-14-12(7-10)9-13-8-11(2)4-6-15(13)14;1-2-4-5-3-1;2*1-3-2;;;;/h3-7H,9H2,1-2H3;1-3H,4H2;2*1,3H2,2H3;2*1H;1H2;. The molecule has 0 atom stereocenters. The third kappa shape index (κ3) is 3.92. The van der Waals surface area contributed by atoms with E-state index < -0.39 is 17.4 Å². The monoisotopic (exact) mass is 536 g/mol. The normalized spacial score (nSPS) is 14.5. The zero-order chi connectivity index (χ0) is 20.0. The quantitative estimate of drug-likeness (QED) is 0.294. The Kier molecular flexibility index (Phi) is 8.29. The molecule has 2 aromatic rings. The van der Waals surface area contributed by atoms with Crippen LogP contribution < -0.4 is 3.27 Å². The summed E-state index contributed by atoms with van der Waals surface area (Å²) in [7, 11) is 0. The molecule has 0 aromatic heterocycles. The second-order valence-corrected chi connectivity index (χ2v) is 34.3. The van der Waals surface area contributed by atoms with Crippen molar-refractivity contribution in [1.82, 2.24) is 0 Å². The van der Waals surface area contributed by atoms with Crippen molar-refractivity contribution in [3.8, 4) is 11.1 Å². The molecule has 0 heterocycles. The van der Waals surface area contributed by atoms with Crippen molar-refractivity contribution < 1.29 is 17.4 Å². The van der Waals surface area contributed by atoms with Crippen molar-refractivity contribution >= 4 is 35.0 Å². The molecule has 0 fully saturated rings. The van der Waals surface area contributed by atoms with Crippen LogP contribution in [0, 0.1) is 13.8 Å². The van der Waals surface area contributed by atoms with Gasteiger partial charge in [-0.3, -0.25) is 0 Å². The van der Waals surface area contributed by atoms with Crippen LogP contribution in [-0.2, 0) is 23.8 Å². The van der Waals surface area contributed by atoms with E-state index in [1.165, 1.54) is 44.2 Å². The molecule has 162 valence electrons. The van der Waals surface area contributed by atoms with Crippen LogP contribution in [0.25, 0.3) is 11.1 Å². The number of benzene rings is 2. The average Bonchev–Trinajstić information content (AvgIpc) is 3.29. The molecule has 0 N–H and O–H groups in total. The van der Waals surface area contributed by atoms with E-state index in [1.54, 1.807) is 16.7 Å². The Labute approximate surface area is 197 Å². The number of fused-ring (bicyclic) bond motifs is 3. The number of aryl methyl sites for hydroxylation is 2. The van der Waals surface area contributed by atoms with Gasteiger partial charge in [0.2, 0.25) is 0 Å². The summed E-state index contributed by atoms with van der Waals surface area (Å²) in [6.07, 6.45) is 12.2. The maximum absolute atomic E-state index is 3.33. The minimum absolute atomic E-state index is 0. The molecule has 4 rings (SSSR count). The molecule has 0 aliphatic heterocycles. The summed E-state index contributed by atoms with van der Waals surface area (Å²) in [4.78, 5) is 0. The molecular formula is C26H36Cl2SiZr. The molecule has 4 heteroatoms.